The van der Waals surface area contributed by atoms with E-state index in [2.05, 4.69) is 77.9 Å². The van der Waals surface area contributed by atoms with E-state index in [0.29, 0.717) is 0 Å². The van der Waals surface area contributed by atoms with Crippen LogP contribution in [0.1, 0.15) is 223 Å². The molecule has 1 heterocycles. The zero-order valence-corrected chi connectivity index (χ0v) is 34.5. The van der Waals surface area contributed by atoms with E-state index in [4.69, 9.17) is 0 Å². The van der Waals surface area contributed by atoms with Gasteiger partial charge in [-0.3, -0.25) is 0 Å². The average Bonchev–Trinajstić information content (AvgIpc) is 3.42. The van der Waals surface area contributed by atoms with E-state index in [0.717, 1.165) is 49.9 Å². The molecular weight excluding hydrogens is 617 g/mol. The fourth-order valence-corrected chi connectivity index (χ4v) is 8.20. The molecule has 0 fully saturated rings. The maximum atomic E-state index is 12.5. The Hall–Kier alpha value is -2.48. The van der Waals surface area contributed by atoms with Crippen LogP contribution in [-0.2, 0) is 25.7 Å². The number of benzene rings is 2. The van der Waals surface area contributed by atoms with Crippen LogP contribution in [0.2, 0.25) is 0 Å². The van der Waals surface area contributed by atoms with Crippen molar-refractivity contribution in [2.75, 3.05) is 0 Å². The predicted molar refractivity (Wildman–Crippen MR) is 225 cm³/mol. The summed E-state index contributed by atoms with van der Waals surface area (Å²) in [4.78, 5) is 0. The minimum atomic E-state index is 0.935. The minimum absolute atomic E-state index is 0.935. The lowest BCUT2D eigenvalue weighted by molar-refractivity contribution is -0.345. The maximum Gasteiger partial charge on any atom is 0.211 e. The van der Waals surface area contributed by atoms with Crippen LogP contribution in [0, 0.1) is 0 Å². The number of rotatable bonds is 29. The smallest absolute Gasteiger partial charge is 0.211 e. The van der Waals surface area contributed by atoms with Crippen LogP contribution < -0.4 is 0 Å². The monoisotopic (exact) mass is 695 g/mol. The summed E-state index contributed by atoms with van der Waals surface area (Å²) in [5, 5.41) is 0. The molecule has 0 saturated carbocycles. The largest absolute Gasteiger partial charge is 0.493 e. The van der Waals surface area contributed by atoms with Crippen molar-refractivity contribution in [1.82, 2.24) is 0 Å². The first-order chi connectivity index (χ1) is 25.0. The molecule has 2 heteroatoms. The van der Waals surface area contributed by atoms with Crippen LogP contribution in [0.3, 0.4) is 0 Å². The van der Waals surface area contributed by atoms with Crippen molar-refractivity contribution < 1.29 is 4.70 Å². The van der Waals surface area contributed by atoms with Gasteiger partial charge in [0, 0.05) is 22.3 Å². The van der Waals surface area contributed by atoms with Crippen molar-refractivity contribution in [2.24, 2.45) is 0 Å². The van der Waals surface area contributed by atoms with E-state index in [9.17, 15) is 5.53 Å². The molecule has 3 rings (SSSR count). The molecular formula is C49H78N2. The Morgan fingerprint density at radius 3 is 1.02 bits per heavy atom. The van der Waals surface area contributed by atoms with Gasteiger partial charge in [-0.2, -0.15) is 0 Å². The molecule has 0 radical (unpaired) electrons. The molecule has 284 valence electrons. The summed E-state index contributed by atoms with van der Waals surface area (Å²) in [5.41, 5.74) is 25.6. The van der Waals surface area contributed by atoms with Gasteiger partial charge in [0.05, 0.1) is 0 Å². The lowest BCUT2D eigenvalue weighted by Crippen LogP contribution is -2.05. The molecule has 2 nitrogen and oxygen atoms in total. The zero-order valence-electron chi connectivity index (χ0n) is 34.5. The van der Waals surface area contributed by atoms with Gasteiger partial charge in [0.1, 0.15) is 0 Å². The minimum Gasteiger partial charge on any atom is -0.493 e. The molecule has 0 bridgehead atoms. The van der Waals surface area contributed by atoms with Crippen molar-refractivity contribution >= 4 is 11.4 Å². The molecule has 1 aliphatic heterocycles. The van der Waals surface area contributed by atoms with Crippen LogP contribution in [0.5, 0.6) is 0 Å². The SMILES string of the molecule is CCCCCCCCc1cc(CCCCC)cc(C2=C(CC)C(CCCCC)=C(c3cc(CCCCC)cc(CCCCCCCC)c3)[N+]2=[N-])c1. The Balaban J connectivity index is 2.04. The van der Waals surface area contributed by atoms with Gasteiger partial charge < -0.3 is 5.53 Å². The standard InChI is InChI=1S/C49H78N2/c1-7-13-18-20-22-27-31-42-34-40(29-24-15-9-3)36-44(37-42)48-46(12-6)47(33-26-17-11-5)49(51(48)50)45-38-41(30-25-16-10-4)35-43(39-45)32-28-23-21-19-14-8-2/h34-39H,7-33H2,1-6H3. The molecule has 2 aromatic carbocycles. The predicted octanol–water partition coefficient (Wildman–Crippen LogP) is 16.1. The second-order valence-electron chi connectivity index (χ2n) is 15.8. The van der Waals surface area contributed by atoms with Crippen molar-refractivity contribution in [3.8, 4) is 0 Å². The summed E-state index contributed by atoms with van der Waals surface area (Å²) in [6, 6.07) is 14.7. The third-order valence-electron chi connectivity index (χ3n) is 11.2. The van der Waals surface area contributed by atoms with Crippen LogP contribution in [0.25, 0.3) is 16.9 Å². The fourth-order valence-electron chi connectivity index (χ4n) is 8.20. The van der Waals surface area contributed by atoms with Gasteiger partial charge in [0.15, 0.2) is 0 Å². The van der Waals surface area contributed by atoms with E-state index < -0.39 is 0 Å². The van der Waals surface area contributed by atoms with E-state index in [1.54, 1.807) is 4.70 Å². The van der Waals surface area contributed by atoms with Gasteiger partial charge in [-0.25, -0.2) is 4.70 Å². The molecule has 1 aliphatic rings. The van der Waals surface area contributed by atoms with Crippen LogP contribution in [0.4, 0.5) is 0 Å². The fraction of sp³-hybridized carbons (Fsp3) is 0.673. The number of aryl methyl sites for hydroxylation is 4. The van der Waals surface area contributed by atoms with Crippen molar-refractivity contribution in [2.45, 2.75) is 215 Å². The van der Waals surface area contributed by atoms with Crippen LogP contribution in [0.15, 0.2) is 47.5 Å². The van der Waals surface area contributed by atoms with Crippen LogP contribution in [-0.4, -0.2) is 4.70 Å². The molecule has 0 aliphatic carbocycles. The Morgan fingerprint density at radius 2 is 0.647 bits per heavy atom. The van der Waals surface area contributed by atoms with Gasteiger partial charge in [-0.1, -0.05) is 156 Å². The summed E-state index contributed by atoms with van der Waals surface area (Å²) in [6.45, 7) is 13.8. The van der Waals surface area contributed by atoms with Gasteiger partial charge in [0.25, 0.3) is 0 Å². The second kappa shape index (κ2) is 25.5. The van der Waals surface area contributed by atoms with Crippen molar-refractivity contribution in [3.05, 3.63) is 86.5 Å². The average molecular weight is 695 g/mol. The molecule has 0 amide bonds. The Morgan fingerprint density at radius 1 is 0.353 bits per heavy atom. The summed E-state index contributed by atoms with van der Waals surface area (Å²) in [7, 11) is 0. The molecule has 0 N–H and O–H groups in total. The zero-order chi connectivity index (χ0) is 36.7. The summed E-state index contributed by atoms with van der Waals surface area (Å²) >= 11 is 0. The van der Waals surface area contributed by atoms with Crippen molar-refractivity contribution in [1.29, 1.82) is 0 Å². The lowest BCUT2D eigenvalue weighted by Gasteiger charge is -2.15. The highest BCUT2D eigenvalue weighted by Crippen LogP contribution is 2.44. The highest BCUT2D eigenvalue weighted by Gasteiger charge is 2.35. The lowest BCUT2D eigenvalue weighted by atomic mass is 9.91. The molecule has 0 unspecified atom stereocenters. The Bertz CT molecular complexity index is 1360. The molecule has 0 spiro atoms. The van der Waals surface area contributed by atoms with Crippen molar-refractivity contribution in [3.63, 3.8) is 0 Å². The third-order valence-corrected chi connectivity index (χ3v) is 11.2. The molecule has 2 aromatic rings. The number of hydrogen-bond acceptors (Lipinski definition) is 0. The molecule has 0 saturated heterocycles. The quantitative estimate of drug-likeness (QED) is 0.0598. The van der Waals surface area contributed by atoms with Gasteiger partial charge in [-0.15, -0.1) is 0 Å². The summed E-state index contributed by atoms with van der Waals surface area (Å²) in [6.07, 6.45) is 33.4. The van der Waals surface area contributed by atoms with E-state index in [-0.39, 0.29) is 0 Å². The topological polar surface area (TPSA) is 25.3 Å². The van der Waals surface area contributed by atoms with E-state index in [1.165, 1.54) is 179 Å². The third kappa shape index (κ3) is 14.5. The first kappa shape index (κ1) is 42.9. The first-order valence-corrected chi connectivity index (χ1v) is 22.2. The molecule has 0 atom stereocenters. The highest BCUT2D eigenvalue weighted by molar-refractivity contribution is 5.82. The van der Waals surface area contributed by atoms with Gasteiger partial charge in [0.2, 0.25) is 11.4 Å². The maximum absolute atomic E-state index is 12.5. The Labute approximate surface area is 316 Å². The molecule has 51 heavy (non-hydrogen) atoms. The number of nitrogens with zero attached hydrogens (tertiary/aromatic N) is 2. The van der Waals surface area contributed by atoms with E-state index >= 15 is 0 Å². The van der Waals surface area contributed by atoms with Gasteiger partial charge in [-0.05, 0) is 117 Å². The first-order valence-electron chi connectivity index (χ1n) is 22.2. The van der Waals surface area contributed by atoms with Crippen LogP contribution >= 0.6 is 0 Å². The second-order valence-corrected chi connectivity index (χ2v) is 15.8. The Kier molecular flexibility index (Phi) is 21.5. The van der Waals surface area contributed by atoms with Gasteiger partial charge >= 0.3 is 0 Å². The number of hydrogen-bond donors (Lipinski definition) is 0. The number of unbranched alkanes of at least 4 members (excludes halogenated alkanes) is 16. The molecule has 0 aromatic heterocycles. The summed E-state index contributed by atoms with van der Waals surface area (Å²) in [5.74, 6) is 0. The summed E-state index contributed by atoms with van der Waals surface area (Å²) < 4.78 is 1.65. The normalized spacial score (nSPS) is 13.3. The number of allylic oxidation sites excluding steroid dienone is 2. The van der Waals surface area contributed by atoms with E-state index in [1.807, 2.05) is 0 Å². The highest BCUT2D eigenvalue weighted by atomic mass is 15.2.